The summed E-state index contributed by atoms with van der Waals surface area (Å²) in [6.07, 6.45) is 0. The average Bonchev–Trinajstić information content (AvgIpc) is 3.11. The van der Waals surface area contributed by atoms with Crippen molar-refractivity contribution >= 4 is 34.4 Å². The molecule has 3 aromatic rings. The molecule has 0 aliphatic heterocycles. The van der Waals surface area contributed by atoms with Crippen LogP contribution in [0.2, 0.25) is 0 Å². The number of hydrogen-bond acceptors (Lipinski definition) is 8. The third kappa shape index (κ3) is 2.45. The van der Waals surface area contributed by atoms with Gasteiger partial charge in [-0.15, -0.1) is 31.7 Å². The Bertz CT molecular complexity index is 605. The lowest BCUT2D eigenvalue weighted by atomic mass is 10.5. The Kier molecular flexibility index (Phi) is 3.39. The van der Waals surface area contributed by atoms with Crippen LogP contribution in [-0.4, -0.2) is 20.4 Å². The number of hydrogen-bond donors (Lipinski definition) is 0. The fraction of sp³-hybridized carbons (Fsp3) is 0.200. The van der Waals surface area contributed by atoms with Crippen LogP contribution < -0.4 is 0 Å². The van der Waals surface area contributed by atoms with Crippen molar-refractivity contribution in [2.75, 3.05) is 0 Å². The molecule has 0 radical (unpaired) electrons. The molecule has 0 spiro atoms. The molecule has 92 valence electrons. The molecule has 0 saturated heterocycles. The maximum absolute atomic E-state index is 5.66. The second kappa shape index (κ2) is 5.17. The van der Waals surface area contributed by atoms with Gasteiger partial charge in [-0.05, 0) is 18.4 Å². The summed E-state index contributed by atoms with van der Waals surface area (Å²) in [4.78, 5) is 0.988. The molecule has 8 heteroatoms. The number of rotatable bonds is 4. The molecule has 0 unspecified atom stereocenters. The Morgan fingerprint density at radius 1 is 1.28 bits per heavy atom. The largest absolute Gasteiger partial charge is 0.419 e. The van der Waals surface area contributed by atoms with E-state index in [9.17, 15) is 0 Å². The van der Waals surface area contributed by atoms with E-state index in [2.05, 4.69) is 20.4 Å². The van der Waals surface area contributed by atoms with Gasteiger partial charge in [0.05, 0.1) is 10.1 Å². The van der Waals surface area contributed by atoms with E-state index < -0.39 is 0 Å². The number of thiophene rings is 1. The Hall–Kier alpha value is -1.25. The van der Waals surface area contributed by atoms with Crippen molar-refractivity contribution in [2.24, 2.45) is 0 Å². The monoisotopic (exact) mass is 296 g/mol. The van der Waals surface area contributed by atoms with Gasteiger partial charge in [0.2, 0.25) is 5.89 Å². The molecule has 0 aliphatic rings. The van der Waals surface area contributed by atoms with Crippen LogP contribution in [0.4, 0.5) is 0 Å². The standard InChI is InChI=1S/C10H8N4OS3/c1-6(18-10-14-11-5-17-10)8-12-13-9(15-8)7-3-2-4-16-7/h2-6H,1H3/t6-/m1/s1. The van der Waals surface area contributed by atoms with E-state index in [1.165, 1.54) is 11.3 Å². The molecule has 0 aromatic carbocycles. The Morgan fingerprint density at radius 2 is 2.22 bits per heavy atom. The smallest absolute Gasteiger partial charge is 0.257 e. The lowest BCUT2D eigenvalue weighted by molar-refractivity contribution is 0.510. The molecule has 0 saturated carbocycles. The second-order valence-electron chi connectivity index (χ2n) is 3.39. The Morgan fingerprint density at radius 3 is 2.94 bits per heavy atom. The van der Waals surface area contributed by atoms with Gasteiger partial charge < -0.3 is 4.42 Å². The van der Waals surface area contributed by atoms with E-state index in [-0.39, 0.29) is 5.25 Å². The van der Waals surface area contributed by atoms with Crippen molar-refractivity contribution < 1.29 is 4.42 Å². The predicted octanol–water partition coefficient (Wildman–Crippen LogP) is 3.50. The molecule has 0 fully saturated rings. The molecule has 3 aromatic heterocycles. The number of thioether (sulfide) groups is 1. The lowest BCUT2D eigenvalue weighted by Crippen LogP contribution is -1.88. The average molecular weight is 296 g/mol. The van der Waals surface area contributed by atoms with Crippen molar-refractivity contribution in [1.82, 2.24) is 20.4 Å². The van der Waals surface area contributed by atoms with Crippen LogP contribution >= 0.6 is 34.4 Å². The minimum absolute atomic E-state index is 0.0687. The zero-order chi connectivity index (χ0) is 12.4. The van der Waals surface area contributed by atoms with Crippen molar-refractivity contribution in [3.8, 4) is 10.8 Å². The summed E-state index contributed by atoms with van der Waals surface area (Å²) in [7, 11) is 0. The van der Waals surface area contributed by atoms with Gasteiger partial charge >= 0.3 is 0 Å². The molecular formula is C10H8N4OS3. The SMILES string of the molecule is C[C@@H](Sc1nncs1)c1nnc(-c2cccs2)o1. The highest BCUT2D eigenvalue weighted by atomic mass is 32.2. The van der Waals surface area contributed by atoms with Gasteiger partial charge in [0, 0.05) is 0 Å². The van der Waals surface area contributed by atoms with E-state index in [0.717, 1.165) is 9.22 Å². The molecule has 5 nitrogen and oxygen atoms in total. The Labute approximate surface area is 115 Å². The summed E-state index contributed by atoms with van der Waals surface area (Å²) >= 11 is 4.65. The van der Waals surface area contributed by atoms with E-state index in [1.54, 1.807) is 28.6 Å². The fourth-order valence-electron chi connectivity index (χ4n) is 1.31. The Balaban J connectivity index is 1.77. The summed E-state index contributed by atoms with van der Waals surface area (Å²) in [5, 5.41) is 18.0. The summed E-state index contributed by atoms with van der Waals surface area (Å²) in [6.45, 7) is 2.01. The van der Waals surface area contributed by atoms with Crippen molar-refractivity contribution in [1.29, 1.82) is 0 Å². The molecule has 18 heavy (non-hydrogen) atoms. The number of aromatic nitrogens is 4. The van der Waals surface area contributed by atoms with E-state index in [1.807, 2.05) is 24.4 Å². The minimum atomic E-state index is 0.0687. The van der Waals surface area contributed by atoms with Gasteiger partial charge in [0.15, 0.2) is 4.34 Å². The first-order valence-electron chi connectivity index (χ1n) is 5.13. The maximum Gasteiger partial charge on any atom is 0.257 e. The first kappa shape index (κ1) is 11.8. The second-order valence-corrected chi connectivity index (χ2v) is 6.76. The molecule has 0 bridgehead atoms. The maximum atomic E-state index is 5.66. The fourth-order valence-corrected chi connectivity index (χ4v) is 3.61. The van der Waals surface area contributed by atoms with Crippen LogP contribution in [-0.2, 0) is 0 Å². The quantitative estimate of drug-likeness (QED) is 0.686. The molecule has 1 atom stereocenters. The van der Waals surface area contributed by atoms with Gasteiger partial charge in [-0.1, -0.05) is 29.2 Å². The van der Waals surface area contributed by atoms with Crippen LogP contribution in [0.25, 0.3) is 10.8 Å². The predicted molar refractivity (Wildman–Crippen MR) is 71.8 cm³/mol. The van der Waals surface area contributed by atoms with Gasteiger partial charge in [0.1, 0.15) is 5.51 Å². The lowest BCUT2D eigenvalue weighted by Gasteiger charge is -2.01. The highest BCUT2D eigenvalue weighted by Crippen LogP contribution is 2.35. The summed E-state index contributed by atoms with van der Waals surface area (Å²) in [6, 6.07) is 3.92. The van der Waals surface area contributed by atoms with Crippen LogP contribution in [0.3, 0.4) is 0 Å². The van der Waals surface area contributed by atoms with Crippen LogP contribution in [0.15, 0.2) is 31.8 Å². The van der Waals surface area contributed by atoms with Gasteiger partial charge in [0.25, 0.3) is 5.89 Å². The third-order valence-corrected chi connectivity index (χ3v) is 4.89. The molecule has 3 heterocycles. The van der Waals surface area contributed by atoms with Gasteiger partial charge in [-0.25, -0.2) is 0 Å². The first-order chi connectivity index (χ1) is 8.83. The zero-order valence-electron chi connectivity index (χ0n) is 9.31. The van der Waals surface area contributed by atoms with E-state index in [4.69, 9.17) is 4.42 Å². The van der Waals surface area contributed by atoms with Crippen LogP contribution in [0.5, 0.6) is 0 Å². The van der Waals surface area contributed by atoms with Gasteiger partial charge in [-0.2, -0.15) is 0 Å². The summed E-state index contributed by atoms with van der Waals surface area (Å²) in [5.41, 5.74) is 1.71. The van der Waals surface area contributed by atoms with Crippen LogP contribution in [0.1, 0.15) is 18.1 Å². The number of nitrogens with zero attached hydrogens (tertiary/aromatic N) is 4. The van der Waals surface area contributed by atoms with Crippen molar-refractivity contribution in [2.45, 2.75) is 16.5 Å². The highest BCUT2D eigenvalue weighted by molar-refractivity contribution is 8.01. The molecule has 0 N–H and O–H groups in total. The summed E-state index contributed by atoms with van der Waals surface area (Å²) < 4.78 is 6.56. The molecular weight excluding hydrogens is 288 g/mol. The van der Waals surface area contributed by atoms with E-state index >= 15 is 0 Å². The van der Waals surface area contributed by atoms with E-state index in [0.29, 0.717) is 11.8 Å². The van der Waals surface area contributed by atoms with Crippen molar-refractivity contribution in [3.63, 3.8) is 0 Å². The molecule has 0 aliphatic carbocycles. The molecule has 0 amide bonds. The first-order valence-corrected chi connectivity index (χ1v) is 7.77. The topological polar surface area (TPSA) is 64.7 Å². The zero-order valence-corrected chi connectivity index (χ0v) is 11.8. The molecule has 3 rings (SSSR count). The third-order valence-electron chi connectivity index (χ3n) is 2.14. The highest BCUT2D eigenvalue weighted by Gasteiger charge is 2.17. The van der Waals surface area contributed by atoms with Crippen LogP contribution in [0, 0.1) is 0 Å². The normalized spacial score (nSPS) is 12.7. The summed E-state index contributed by atoms with van der Waals surface area (Å²) in [5.74, 6) is 1.18. The van der Waals surface area contributed by atoms with Crippen molar-refractivity contribution in [3.05, 3.63) is 28.9 Å². The van der Waals surface area contributed by atoms with Gasteiger partial charge in [-0.3, -0.25) is 0 Å². The minimum Gasteiger partial charge on any atom is -0.419 e.